The molecule has 36 heavy (non-hydrogen) atoms. The zero-order valence-electron chi connectivity index (χ0n) is 22.0. The maximum atomic E-state index is 12.8. The first kappa shape index (κ1) is 25.5. The molecule has 0 bridgehead atoms. The van der Waals surface area contributed by atoms with Crippen molar-refractivity contribution in [2.45, 2.75) is 65.5 Å². The van der Waals surface area contributed by atoms with Crippen LogP contribution in [0.3, 0.4) is 0 Å². The number of ether oxygens (including phenoxy) is 1. The third kappa shape index (κ3) is 6.14. The summed E-state index contributed by atoms with van der Waals surface area (Å²) >= 11 is 0. The zero-order valence-corrected chi connectivity index (χ0v) is 22.0. The summed E-state index contributed by atoms with van der Waals surface area (Å²) in [7, 11) is 0. The fourth-order valence-electron chi connectivity index (χ4n) is 4.32. The number of hydrogen-bond acceptors (Lipinski definition) is 3. The van der Waals surface area contributed by atoms with E-state index in [9.17, 15) is 4.79 Å². The van der Waals surface area contributed by atoms with Crippen molar-refractivity contribution in [1.82, 2.24) is 14.9 Å². The van der Waals surface area contributed by atoms with Crippen LogP contribution >= 0.6 is 0 Å². The van der Waals surface area contributed by atoms with Crippen LogP contribution in [0.25, 0.3) is 11.0 Å². The SMILES string of the molecule is Cc1ccc(C(=O)NC(C)c2nc3ccccc3n2CCCCOc2ccc(C(C)(C)C)cc2)cc1. The van der Waals surface area contributed by atoms with Gasteiger partial charge in [-0.3, -0.25) is 4.79 Å². The molecule has 0 spiro atoms. The van der Waals surface area contributed by atoms with Crippen LogP contribution in [0.5, 0.6) is 5.75 Å². The fourth-order valence-corrected chi connectivity index (χ4v) is 4.32. The molecule has 1 N–H and O–H groups in total. The molecule has 1 aromatic heterocycles. The summed E-state index contributed by atoms with van der Waals surface area (Å²) in [4.78, 5) is 17.7. The number of hydrogen-bond donors (Lipinski definition) is 1. The Balaban J connectivity index is 1.38. The Kier molecular flexibility index (Phi) is 7.78. The highest BCUT2D eigenvalue weighted by molar-refractivity contribution is 5.94. The molecule has 0 saturated heterocycles. The number of aromatic nitrogens is 2. The van der Waals surface area contributed by atoms with E-state index < -0.39 is 0 Å². The third-order valence-corrected chi connectivity index (χ3v) is 6.50. The van der Waals surface area contributed by atoms with E-state index >= 15 is 0 Å². The number of imidazole rings is 1. The van der Waals surface area contributed by atoms with Gasteiger partial charge in [0, 0.05) is 12.1 Å². The number of carbonyl (C=O) groups is 1. The third-order valence-electron chi connectivity index (χ3n) is 6.50. The minimum absolute atomic E-state index is 0.0908. The van der Waals surface area contributed by atoms with Crippen molar-refractivity contribution in [3.63, 3.8) is 0 Å². The van der Waals surface area contributed by atoms with Gasteiger partial charge in [0.15, 0.2) is 0 Å². The molecule has 188 valence electrons. The second-order valence-electron chi connectivity index (χ2n) is 10.5. The Morgan fingerprint density at radius 2 is 1.67 bits per heavy atom. The Labute approximate surface area is 214 Å². The lowest BCUT2D eigenvalue weighted by Gasteiger charge is -2.19. The maximum absolute atomic E-state index is 12.8. The first-order chi connectivity index (χ1) is 17.2. The zero-order chi connectivity index (χ0) is 25.7. The average molecular weight is 484 g/mol. The topological polar surface area (TPSA) is 56.2 Å². The molecule has 4 rings (SSSR count). The van der Waals surface area contributed by atoms with Gasteiger partial charge in [-0.05, 0) is 74.1 Å². The Morgan fingerprint density at radius 1 is 0.972 bits per heavy atom. The van der Waals surface area contributed by atoms with E-state index in [0.29, 0.717) is 12.2 Å². The van der Waals surface area contributed by atoms with Crippen LogP contribution in [0.1, 0.15) is 73.9 Å². The summed E-state index contributed by atoms with van der Waals surface area (Å²) < 4.78 is 8.22. The average Bonchev–Trinajstić information content (AvgIpc) is 3.23. The van der Waals surface area contributed by atoms with Crippen molar-refractivity contribution >= 4 is 16.9 Å². The minimum Gasteiger partial charge on any atom is -0.494 e. The molecular weight excluding hydrogens is 446 g/mol. The summed E-state index contributed by atoms with van der Waals surface area (Å²) in [6.45, 7) is 12.1. The summed E-state index contributed by atoms with van der Waals surface area (Å²) in [5.74, 6) is 1.69. The van der Waals surface area contributed by atoms with Gasteiger partial charge in [-0.15, -0.1) is 0 Å². The highest BCUT2D eigenvalue weighted by Crippen LogP contribution is 2.25. The molecule has 1 atom stereocenters. The fraction of sp³-hybridized carbons (Fsp3) is 0.355. The number of benzene rings is 3. The van der Waals surface area contributed by atoms with E-state index in [1.54, 1.807) is 0 Å². The molecule has 3 aromatic carbocycles. The lowest BCUT2D eigenvalue weighted by Crippen LogP contribution is -2.28. The number of nitrogens with one attached hydrogen (secondary N) is 1. The quantitative estimate of drug-likeness (QED) is 0.261. The molecule has 0 saturated carbocycles. The van der Waals surface area contributed by atoms with Crippen molar-refractivity contribution in [2.24, 2.45) is 0 Å². The minimum atomic E-state index is -0.219. The maximum Gasteiger partial charge on any atom is 0.251 e. The second-order valence-corrected chi connectivity index (χ2v) is 10.5. The van der Waals surface area contributed by atoms with E-state index in [1.807, 2.05) is 56.3 Å². The molecule has 4 aromatic rings. The van der Waals surface area contributed by atoms with E-state index in [4.69, 9.17) is 9.72 Å². The molecule has 1 unspecified atom stereocenters. The van der Waals surface area contributed by atoms with Crippen molar-refractivity contribution in [3.05, 3.63) is 95.3 Å². The monoisotopic (exact) mass is 483 g/mol. The second kappa shape index (κ2) is 11.0. The van der Waals surface area contributed by atoms with Crippen LogP contribution in [0.15, 0.2) is 72.8 Å². The molecule has 0 aliphatic rings. The van der Waals surface area contributed by atoms with E-state index in [1.165, 1.54) is 5.56 Å². The molecule has 0 radical (unpaired) electrons. The van der Waals surface area contributed by atoms with Crippen LogP contribution in [-0.2, 0) is 12.0 Å². The van der Waals surface area contributed by atoms with Crippen LogP contribution in [0.4, 0.5) is 0 Å². The lowest BCUT2D eigenvalue weighted by molar-refractivity contribution is 0.0937. The molecule has 5 nitrogen and oxygen atoms in total. The van der Waals surface area contributed by atoms with E-state index in [-0.39, 0.29) is 17.4 Å². The summed E-state index contributed by atoms with van der Waals surface area (Å²) in [5.41, 5.74) is 5.26. The molecule has 1 amide bonds. The summed E-state index contributed by atoms with van der Waals surface area (Å²) in [5, 5.41) is 3.12. The van der Waals surface area contributed by atoms with Crippen molar-refractivity contribution in [2.75, 3.05) is 6.61 Å². The number of rotatable bonds is 9. The Morgan fingerprint density at radius 3 is 2.36 bits per heavy atom. The Bertz CT molecular complexity index is 1300. The van der Waals surface area contributed by atoms with Crippen molar-refractivity contribution < 1.29 is 9.53 Å². The first-order valence-corrected chi connectivity index (χ1v) is 12.8. The lowest BCUT2D eigenvalue weighted by atomic mass is 9.87. The molecule has 5 heteroatoms. The van der Waals surface area contributed by atoms with Crippen LogP contribution < -0.4 is 10.1 Å². The van der Waals surface area contributed by atoms with Crippen molar-refractivity contribution in [1.29, 1.82) is 0 Å². The van der Waals surface area contributed by atoms with Gasteiger partial charge in [-0.1, -0.05) is 62.7 Å². The van der Waals surface area contributed by atoms with Gasteiger partial charge >= 0.3 is 0 Å². The van der Waals surface area contributed by atoms with Crippen molar-refractivity contribution in [3.8, 4) is 5.75 Å². The number of aryl methyl sites for hydroxylation is 2. The standard InChI is InChI=1S/C31H37N3O2/c1-22-12-14-24(15-13-22)30(35)32-23(2)29-33-27-10-6-7-11-28(27)34(29)20-8-9-21-36-26-18-16-25(17-19-26)31(3,4)5/h6-7,10-19,23H,8-9,20-21H2,1-5H3,(H,32,35). The predicted octanol–water partition coefficient (Wildman–Crippen LogP) is 6.99. The highest BCUT2D eigenvalue weighted by atomic mass is 16.5. The predicted molar refractivity (Wildman–Crippen MR) is 147 cm³/mol. The number of para-hydroxylation sites is 2. The molecule has 0 aliphatic carbocycles. The van der Waals surface area contributed by atoms with Crippen LogP contribution in [0, 0.1) is 6.92 Å². The number of amides is 1. The Hall–Kier alpha value is -3.60. The molecular formula is C31H37N3O2. The largest absolute Gasteiger partial charge is 0.494 e. The molecule has 1 heterocycles. The molecule has 0 aliphatic heterocycles. The van der Waals surface area contributed by atoms with E-state index in [0.717, 1.165) is 47.6 Å². The van der Waals surface area contributed by atoms with Gasteiger partial charge in [-0.2, -0.15) is 0 Å². The first-order valence-electron chi connectivity index (χ1n) is 12.8. The van der Waals surface area contributed by atoms with Gasteiger partial charge in [0.05, 0.1) is 23.7 Å². The van der Waals surface area contributed by atoms with Crippen LogP contribution in [0.2, 0.25) is 0 Å². The molecule has 0 fully saturated rings. The van der Waals surface area contributed by atoms with Gasteiger partial charge in [-0.25, -0.2) is 4.98 Å². The summed E-state index contributed by atoms with van der Waals surface area (Å²) in [6.07, 6.45) is 1.88. The number of unbranched alkanes of at least 4 members (excludes halogenated alkanes) is 1. The van der Waals surface area contributed by atoms with Gasteiger partial charge in [0.1, 0.15) is 11.6 Å². The van der Waals surface area contributed by atoms with Gasteiger partial charge in [0.25, 0.3) is 5.91 Å². The number of nitrogens with zero attached hydrogens (tertiary/aromatic N) is 2. The normalized spacial score (nSPS) is 12.5. The number of carbonyl (C=O) groups excluding carboxylic acids is 1. The smallest absolute Gasteiger partial charge is 0.251 e. The summed E-state index contributed by atoms with van der Waals surface area (Å²) in [6, 6.07) is 23.9. The van der Waals surface area contributed by atoms with Gasteiger partial charge in [0.2, 0.25) is 0 Å². The van der Waals surface area contributed by atoms with Gasteiger partial charge < -0.3 is 14.6 Å². The van der Waals surface area contributed by atoms with E-state index in [2.05, 4.69) is 61.0 Å². The number of fused-ring (bicyclic) bond motifs is 1. The van der Waals surface area contributed by atoms with Crippen LogP contribution in [-0.4, -0.2) is 22.1 Å². The highest BCUT2D eigenvalue weighted by Gasteiger charge is 2.19.